The molecule has 0 saturated carbocycles. The highest BCUT2D eigenvalue weighted by Crippen LogP contribution is 2.08. The third-order valence-electron chi connectivity index (χ3n) is 2.07. The molecule has 1 heterocycles. The van der Waals surface area contributed by atoms with Gasteiger partial charge in [0.05, 0.1) is 0 Å². The van der Waals surface area contributed by atoms with Crippen molar-refractivity contribution in [2.45, 2.75) is 44.6 Å². The number of rotatable bonds is 1. The summed E-state index contributed by atoms with van der Waals surface area (Å²) in [6.07, 6.45) is 1.76. The summed E-state index contributed by atoms with van der Waals surface area (Å²) in [5.41, 5.74) is 3.20. The molecule has 0 radical (unpaired) electrons. The van der Waals surface area contributed by atoms with Crippen molar-refractivity contribution in [3.8, 4) is 11.5 Å². The zero-order valence-electron chi connectivity index (χ0n) is 8.72. The molecule has 3 heteroatoms. The monoisotopic (exact) mass is 197 g/mol. The molecule has 1 rings (SSSR count). The summed E-state index contributed by atoms with van der Waals surface area (Å²) >= 11 is 0. The largest absolute Gasteiger partial charge is 0.379 e. The van der Waals surface area contributed by atoms with Crippen molar-refractivity contribution < 1.29 is 5.11 Å². The van der Waals surface area contributed by atoms with E-state index in [4.69, 9.17) is 0 Å². The van der Waals surface area contributed by atoms with Crippen LogP contribution in [0.4, 0.5) is 0 Å². The Morgan fingerprint density at radius 2 is 2.15 bits per heavy atom. The van der Waals surface area contributed by atoms with Crippen LogP contribution in [0.15, 0.2) is 0 Å². The minimum absolute atomic E-state index is 0.212. The van der Waals surface area contributed by atoms with Gasteiger partial charge >= 0.3 is 0 Å². The molecule has 0 aromatic heterocycles. The van der Waals surface area contributed by atoms with E-state index < -0.39 is 14.2 Å². The summed E-state index contributed by atoms with van der Waals surface area (Å²) in [6.45, 7) is 7.59. The number of hydrogen-bond donors (Lipinski definition) is 2. The Hall–Kier alpha value is -0.303. The number of nitrogens with one attached hydrogen (secondary N) is 1. The molecule has 2 N–H and O–H groups in total. The van der Waals surface area contributed by atoms with Crippen LogP contribution >= 0.6 is 0 Å². The molecule has 0 spiro atoms. The van der Waals surface area contributed by atoms with Crippen molar-refractivity contribution in [2.24, 2.45) is 0 Å². The molecule has 0 aliphatic carbocycles. The van der Waals surface area contributed by atoms with Crippen molar-refractivity contribution in [2.75, 3.05) is 6.54 Å². The second kappa shape index (κ2) is 4.27. The first kappa shape index (κ1) is 10.8. The van der Waals surface area contributed by atoms with Crippen molar-refractivity contribution in [1.82, 2.24) is 5.32 Å². The average molecular weight is 197 g/mol. The highest BCUT2D eigenvalue weighted by Gasteiger charge is 2.21. The van der Waals surface area contributed by atoms with Gasteiger partial charge in [0.2, 0.25) is 0 Å². The minimum atomic E-state index is -1.32. The van der Waals surface area contributed by atoms with E-state index in [-0.39, 0.29) is 6.04 Å². The molecule has 1 fully saturated rings. The predicted molar refractivity (Wildman–Crippen MR) is 58.2 cm³/mol. The Morgan fingerprint density at radius 1 is 1.46 bits per heavy atom. The SMILES string of the molecule is C[Si](C)(C)C#CC(O)C1CCCN1. The fourth-order valence-electron chi connectivity index (χ4n) is 1.37. The summed E-state index contributed by atoms with van der Waals surface area (Å²) in [6, 6.07) is 0.212. The lowest BCUT2D eigenvalue weighted by atomic mass is 10.1. The third-order valence-corrected chi connectivity index (χ3v) is 2.97. The van der Waals surface area contributed by atoms with Crippen LogP contribution in [0.25, 0.3) is 0 Å². The quantitative estimate of drug-likeness (QED) is 0.485. The molecular weight excluding hydrogens is 178 g/mol. The Kier molecular flexibility index (Phi) is 3.54. The van der Waals surface area contributed by atoms with Crippen LogP contribution < -0.4 is 5.32 Å². The van der Waals surface area contributed by atoms with Crippen LogP contribution in [0.1, 0.15) is 12.8 Å². The molecule has 2 nitrogen and oxygen atoms in total. The van der Waals surface area contributed by atoms with Crippen molar-refractivity contribution in [1.29, 1.82) is 0 Å². The topological polar surface area (TPSA) is 32.3 Å². The molecule has 2 unspecified atom stereocenters. The molecule has 1 aliphatic rings. The van der Waals surface area contributed by atoms with E-state index in [1.807, 2.05) is 0 Å². The van der Waals surface area contributed by atoms with Gasteiger partial charge in [-0.05, 0) is 19.4 Å². The van der Waals surface area contributed by atoms with Crippen molar-refractivity contribution in [3.63, 3.8) is 0 Å². The zero-order chi connectivity index (χ0) is 9.90. The maximum atomic E-state index is 9.70. The summed E-state index contributed by atoms with van der Waals surface area (Å²) < 4.78 is 0. The van der Waals surface area contributed by atoms with Crippen molar-refractivity contribution >= 4 is 8.07 Å². The van der Waals surface area contributed by atoms with Gasteiger partial charge in [-0.2, -0.15) is 0 Å². The van der Waals surface area contributed by atoms with Gasteiger partial charge in [0.25, 0.3) is 0 Å². The van der Waals surface area contributed by atoms with E-state index in [0.29, 0.717) is 0 Å². The van der Waals surface area contributed by atoms with Gasteiger partial charge in [-0.3, -0.25) is 0 Å². The molecule has 74 valence electrons. The Morgan fingerprint density at radius 3 is 2.62 bits per heavy atom. The predicted octanol–water partition coefficient (Wildman–Crippen LogP) is 0.980. The molecule has 1 saturated heterocycles. The van der Waals surface area contributed by atoms with Gasteiger partial charge in [-0.15, -0.1) is 5.54 Å². The lowest BCUT2D eigenvalue weighted by Crippen LogP contribution is -2.34. The van der Waals surface area contributed by atoms with Crippen LogP contribution in [0, 0.1) is 11.5 Å². The Labute approximate surface area is 81.7 Å². The first-order chi connectivity index (χ1) is 5.99. The van der Waals surface area contributed by atoms with Gasteiger partial charge in [-0.1, -0.05) is 25.6 Å². The zero-order valence-corrected chi connectivity index (χ0v) is 9.72. The summed E-state index contributed by atoms with van der Waals surface area (Å²) in [5.74, 6) is 2.97. The Bertz CT molecular complexity index is 217. The summed E-state index contributed by atoms with van der Waals surface area (Å²) in [7, 11) is -1.32. The van der Waals surface area contributed by atoms with Gasteiger partial charge in [0.1, 0.15) is 14.2 Å². The molecule has 1 aliphatic heterocycles. The normalized spacial score (nSPS) is 25.1. The molecule has 0 aromatic carbocycles. The number of aliphatic hydroxyl groups excluding tert-OH is 1. The fourth-order valence-corrected chi connectivity index (χ4v) is 1.95. The molecule has 2 atom stereocenters. The van der Waals surface area contributed by atoms with Gasteiger partial charge < -0.3 is 10.4 Å². The van der Waals surface area contributed by atoms with Gasteiger partial charge in [-0.25, -0.2) is 0 Å². The summed E-state index contributed by atoms with van der Waals surface area (Å²) in [4.78, 5) is 0. The molecule has 0 aromatic rings. The van der Waals surface area contributed by atoms with E-state index in [1.54, 1.807) is 0 Å². The second-order valence-electron chi connectivity index (χ2n) is 4.67. The van der Waals surface area contributed by atoms with Crippen LogP contribution in [0.3, 0.4) is 0 Å². The third kappa shape index (κ3) is 3.95. The van der Waals surface area contributed by atoms with Crippen molar-refractivity contribution in [3.05, 3.63) is 0 Å². The van der Waals surface area contributed by atoms with E-state index in [1.165, 1.54) is 0 Å². The Balaban J connectivity index is 2.46. The average Bonchev–Trinajstić information content (AvgIpc) is 2.50. The van der Waals surface area contributed by atoms with Gasteiger partial charge in [0, 0.05) is 6.04 Å². The summed E-state index contributed by atoms with van der Waals surface area (Å²) in [5, 5.41) is 13.0. The molecule has 0 amide bonds. The molecule has 0 bridgehead atoms. The van der Waals surface area contributed by atoms with Crippen LogP contribution in [-0.4, -0.2) is 31.9 Å². The molecular formula is C10H19NOSi. The fraction of sp³-hybridized carbons (Fsp3) is 0.800. The highest BCUT2D eigenvalue weighted by molar-refractivity contribution is 6.83. The van der Waals surface area contributed by atoms with E-state index in [2.05, 4.69) is 36.4 Å². The van der Waals surface area contributed by atoms with Crippen LogP contribution in [0.5, 0.6) is 0 Å². The first-order valence-corrected chi connectivity index (χ1v) is 8.43. The highest BCUT2D eigenvalue weighted by atomic mass is 28.3. The first-order valence-electron chi connectivity index (χ1n) is 4.93. The maximum Gasteiger partial charge on any atom is 0.129 e. The second-order valence-corrected chi connectivity index (χ2v) is 9.42. The van der Waals surface area contributed by atoms with Gasteiger partial charge in [0.15, 0.2) is 0 Å². The minimum Gasteiger partial charge on any atom is -0.379 e. The van der Waals surface area contributed by atoms with Crippen LogP contribution in [-0.2, 0) is 0 Å². The molecule has 13 heavy (non-hydrogen) atoms. The lowest BCUT2D eigenvalue weighted by Gasteiger charge is -2.13. The smallest absolute Gasteiger partial charge is 0.129 e. The number of hydrogen-bond acceptors (Lipinski definition) is 2. The lowest BCUT2D eigenvalue weighted by molar-refractivity contribution is 0.190. The standard InChI is InChI=1S/C10H19NOSi/c1-13(2,3)8-6-10(12)9-5-4-7-11-9/h9-12H,4-5,7H2,1-3H3. The van der Waals surface area contributed by atoms with E-state index in [9.17, 15) is 5.11 Å². The maximum absolute atomic E-state index is 9.70. The van der Waals surface area contributed by atoms with Crippen LogP contribution in [0.2, 0.25) is 19.6 Å². The van der Waals surface area contributed by atoms with E-state index >= 15 is 0 Å². The number of aliphatic hydroxyl groups is 1. The van der Waals surface area contributed by atoms with E-state index in [0.717, 1.165) is 19.4 Å².